The van der Waals surface area contributed by atoms with Crippen LogP contribution in [-0.2, 0) is 9.53 Å². The van der Waals surface area contributed by atoms with Gasteiger partial charge in [0.25, 0.3) is 0 Å². The molecule has 0 radical (unpaired) electrons. The molecule has 0 bridgehead atoms. The van der Waals surface area contributed by atoms with Gasteiger partial charge in [-0.15, -0.1) is 15.3 Å². The number of halogens is 1. The van der Waals surface area contributed by atoms with E-state index in [1.165, 1.54) is 12.1 Å². The maximum Gasteiger partial charge on any atom is 0.330 e. The zero-order valence-corrected chi connectivity index (χ0v) is 11.8. The molecule has 0 atom stereocenters. The first-order chi connectivity index (χ1) is 6.45. The molecule has 14 heavy (non-hydrogen) atoms. The summed E-state index contributed by atoms with van der Waals surface area (Å²) in [5.74, 6) is -0.233. The smallest absolute Gasteiger partial charge is 0.330 e. The predicted molar refractivity (Wildman–Crippen MR) is 66.2 cm³/mol. The predicted octanol–water partition coefficient (Wildman–Crippen LogP) is 3.49. The maximum atomic E-state index is 10.9. The van der Waals surface area contributed by atoms with Gasteiger partial charge in [-0.2, -0.15) is 0 Å². The first-order valence-corrected chi connectivity index (χ1v) is 10.4. The molecule has 2 nitrogen and oxygen atoms in total. The topological polar surface area (TPSA) is 26.3 Å². The van der Waals surface area contributed by atoms with Crippen LogP contribution in [-0.4, -0.2) is 19.3 Å². The molecule has 0 aromatic carbocycles. The number of carbonyl (C=O) groups excluding carboxylic acids is 1. The zero-order chi connectivity index (χ0) is 11.0. The van der Waals surface area contributed by atoms with Crippen molar-refractivity contribution in [1.29, 1.82) is 0 Å². The third kappa shape index (κ3) is 9.99. The summed E-state index contributed by atoms with van der Waals surface area (Å²) in [4.78, 5) is 10.9. The van der Waals surface area contributed by atoms with E-state index < -0.39 is 6.69 Å². The largest absolute Gasteiger partial charge is 0.463 e. The van der Waals surface area contributed by atoms with E-state index in [2.05, 4.69) is 28.4 Å². The summed E-state index contributed by atoms with van der Waals surface area (Å²) in [6.45, 7) is 5.81. The Morgan fingerprint density at radius 3 is 2.57 bits per heavy atom. The highest BCUT2D eigenvalue weighted by atomic mass is 79.9. The molecule has 0 aromatic heterocycles. The number of ether oxygens (including phenoxy) is 1. The van der Waals surface area contributed by atoms with Gasteiger partial charge in [-0.25, -0.2) is 4.79 Å². The Balaban J connectivity index is 3.35. The van der Waals surface area contributed by atoms with E-state index in [-0.39, 0.29) is 5.97 Å². The van der Waals surface area contributed by atoms with Gasteiger partial charge in [0.2, 0.25) is 0 Å². The van der Waals surface area contributed by atoms with E-state index in [1.54, 1.807) is 13.0 Å². The number of allylic oxidation sites excluding steroid dienone is 1. The summed E-state index contributed by atoms with van der Waals surface area (Å²) >= 11 is 3.70. The summed E-state index contributed by atoms with van der Waals surface area (Å²) in [5.41, 5.74) is 0. The minimum atomic E-state index is -1.09. The van der Waals surface area contributed by atoms with E-state index in [9.17, 15) is 4.79 Å². The third-order valence-corrected chi connectivity index (χ3v) is 4.44. The van der Waals surface area contributed by atoms with Crippen LogP contribution in [0.25, 0.3) is 0 Å². The lowest BCUT2D eigenvalue weighted by molar-refractivity contribution is -0.137. The number of hydrogen-bond acceptors (Lipinski definition) is 2. The number of esters is 1. The van der Waals surface area contributed by atoms with Crippen molar-refractivity contribution in [2.24, 2.45) is 0 Å². The standard InChI is InChI=1S/C10H19BrO2Si/c1-4-7-10(12)13-8-5-6-9-14(2,3)11/h4,7H,5-6,8-9H2,1-3H3. The summed E-state index contributed by atoms with van der Waals surface area (Å²) in [7, 11) is 0. The van der Waals surface area contributed by atoms with Gasteiger partial charge in [0, 0.05) is 6.08 Å². The van der Waals surface area contributed by atoms with E-state index in [0.717, 1.165) is 12.8 Å². The van der Waals surface area contributed by atoms with Crippen molar-refractivity contribution in [2.75, 3.05) is 6.61 Å². The van der Waals surface area contributed by atoms with Gasteiger partial charge in [-0.3, -0.25) is 0 Å². The summed E-state index contributed by atoms with van der Waals surface area (Å²) in [6, 6.07) is 1.23. The van der Waals surface area contributed by atoms with Crippen molar-refractivity contribution in [3.63, 3.8) is 0 Å². The molecular weight excluding hydrogens is 260 g/mol. The molecule has 0 amide bonds. The normalized spacial score (nSPS) is 12.0. The molecule has 0 heterocycles. The lowest BCUT2D eigenvalue weighted by Gasteiger charge is -2.12. The molecule has 0 fully saturated rings. The SMILES string of the molecule is CC=CC(=O)OCCCC[Si](C)(C)Br. The third-order valence-electron chi connectivity index (χ3n) is 1.71. The first kappa shape index (κ1) is 13.9. The molecule has 4 heteroatoms. The van der Waals surface area contributed by atoms with E-state index in [4.69, 9.17) is 4.74 Å². The van der Waals surface area contributed by atoms with Crippen LogP contribution in [0.2, 0.25) is 19.1 Å². The summed E-state index contributed by atoms with van der Waals surface area (Å²) in [6.07, 6.45) is 5.24. The van der Waals surface area contributed by atoms with Crippen molar-refractivity contribution in [1.82, 2.24) is 0 Å². The lowest BCUT2D eigenvalue weighted by Crippen LogP contribution is -2.14. The fraction of sp³-hybridized carbons (Fsp3) is 0.700. The summed E-state index contributed by atoms with van der Waals surface area (Å²) in [5, 5.41) is 0. The number of hydrogen-bond donors (Lipinski definition) is 0. The fourth-order valence-electron chi connectivity index (χ4n) is 1.00. The van der Waals surface area contributed by atoms with Crippen molar-refractivity contribution < 1.29 is 9.53 Å². The van der Waals surface area contributed by atoms with Gasteiger partial charge < -0.3 is 4.74 Å². The number of carbonyl (C=O) groups is 1. The molecule has 0 aromatic rings. The van der Waals surface area contributed by atoms with Crippen LogP contribution in [0, 0.1) is 0 Å². The minimum absolute atomic E-state index is 0.233. The van der Waals surface area contributed by atoms with Crippen LogP contribution in [0.3, 0.4) is 0 Å². The Labute approximate surface area is 95.3 Å². The second kappa shape index (κ2) is 7.23. The van der Waals surface area contributed by atoms with Gasteiger partial charge in [0.15, 0.2) is 0 Å². The van der Waals surface area contributed by atoms with Crippen LogP contribution in [0.1, 0.15) is 19.8 Å². The van der Waals surface area contributed by atoms with Crippen molar-refractivity contribution in [3.8, 4) is 0 Å². The minimum Gasteiger partial charge on any atom is -0.463 e. The zero-order valence-electron chi connectivity index (χ0n) is 9.18. The Bertz CT molecular complexity index is 197. The highest BCUT2D eigenvalue weighted by molar-refractivity contribution is 9.26. The molecule has 0 N–H and O–H groups in total. The van der Waals surface area contributed by atoms with Crippen LogP contribution in [0.4, 0.5) is 0 Å². The average molecular weight is 279 g/mol. The van der Waals surface area contributed by atoms with Gasteiger partial charge in [0.1, 0.15) is 6.69 Å². The summed E-state index contributed by atoms with van der Waals surface area (Å²) < 4.78 is 4.97. The molecule has 0 saturated carbocycles. The van der Waals surface area contributed by atoms with Gasteiger partial charge in [-0.1, -0.05) is 25.6 Å². The second-order valence-electron chi connectivity index (χ2n) is 3.84. The molecule has 0 unspecified atom stereocenters. The van der Waals surface area contributed by atoms with Crippen LogP contribution < -0.4 is 0 Å². The van der Waals surface area contributed by atoms with Crippen LogP contribution >= 0.6 is 15.3 Å². The van der Waals surface area contributed by atoms with Gasteiger partial charge in [-0.05, 0) is 19.4 Å². The Morgan fingerprint density at radius 1 is 1.43 bits per heavy atom. The van der Waals surface area contributed by atoms with E-state index >= 15 is 0 Å². The lowest BCUT2D eigenvalue weighted by atomic mass is 10.3. The van der Waals surface area contributed by atoms with E-state index in [0.29, 0.717) is 6.61 Å². The van der Waals surface area contributed by atoms with Gasteiger partial charge in [0.05, 0.1) is 6.61 Å². The second-order valence-corrected chi connectivity index (χ2v) is 14.2. The fourth-order valence-corrected chi connectivity index (χ4v) is 2.94. The molecule has 0 rings (SSSR count). The van der Waals surface area contributed by atoms with E-state index in [1.807, 2.05) is 0 Å². The van der Waals surface area contributed by atoms with Crippen LogP contribution in [0.15, 0.2) is 12.2 Å². The molecule has 82 valence electrons. The average Bonchev–Trinajstić information content (AvgIpc) is 2.02. The highest BCUT2D eigenvalue weighted by Gasteiger charge is 2.14. The Morgan fingerprint density at radius 2 is 2.07 bits per heavy atom. The van der Waals surface area contributed by atoms with Gasteiger partial charge >= 0.3 is 5.97 Å². The molecule has 0 spiro atoms. The monoisotopic (exact) mass is 278 g/mol. The van der Waals surface area contributed by atoms with Crippen molar-refractivity contribution >= 4 is 28.0 Å². The highest BCUT2D eigenvalue weighted by Crippen LogP contribution is 2.19. The maximum absolute atomic E-state index is 10.9. The molecule has 0 aliphatic carbocycles. The van der Waals surface area contributed by atoms with Crippen molar-refractivity contribution in [3.05, 3.63) is 12.2 Å². The van der Waals surface area contributed by atoms with Crippen molar-refractivity contribution in [2.45, 2.75) is 38.9 Å². The van der Waals surface area contributed by atoms with Crippen LogP contribution in [0.5, 0.6) is 0 Å². The number of rotatable bonds is 6. The molecular formula is C10H19BrO2Si. The number of unbranched alkanes of at least 4 members (excludes halogenated alkanes) is 1. The quantitative estimate of drug-likeness (QED) is 0.244. The molecule has 0 aliphatic heterocycles. The Hall–Kier alpha value is -0.0931. The molecule has 0 aliphatic rings. The Kier molecular flexibility index (Phi) is 7.18. The molecule has 0 saturated heterocycles. The first-order valence-electron chi connectivity index (χ1n) is 4.94.